The topological polar surface area (TPSA) is 58.5 Å². The number of nitrogens with zero attached hydrogens (tertiary/aromatic N) is 1. The lowest BCUT2D eigenvalue weighted by Gasteiger charge is -2.05. The summed E-state index contributed by atoms with van der Waals surface area (Å²) in [6.07, 6.45) is 0. The van der Waals surface area contributed by atoms with Crippen molar-refractivity contribution in [3.8, 4) is 0 Å². The number of aryl methyl sites for hydroxylation is 1. The van der Waals surface area contributed by atoms with Gasteiger partial charge in [-0.05, 0) is 42.4 Å². The van der Waals surface area contributed by atoms with Gasteiger partial charge in [0.15, 0.2) is 0 Å². The summed E-state index contributed by atoms with van der Waals surface area (Å²) in [4.78, 5) is 22.3. The Hall–Kier alpha value is -2.49. The Labute approximate surface area is 105 Å². The summed E-state index contributed by atoms with van der Waals surface area (Å²) in [7, 11) is 0. The van der Waals surface area contributed by atoms with E-state index in [9.17, 15) is 9.70 Å². The highest BCUT2D eigenvalue weighted by Crippen LogP contribution is 2.15. The molecule has 2 rings (SSSR count). The highest BCUT2D eigenvalue weighted by atomic mass is 16.3. The van der Waals surface area contributed by atoms with Crippen LogP contribution in [0.25, 0.3) is 0 Å². The van der Waals surface area contributed by atoms with E-state index in [1.54, 1.807) is 18.2 Å². The molecule has 0 spiro atoms. The van der Waals surface area contributed by atoms with Crippen molar-refractivity contribution in [2.24, 2.45) is 5.18 Å². The Bertz CT molecular complexity index is 577. The zero-order valence-electron chi connectivity index (χ0n) is 9.88. The quantitative estimate of drug-likeness (QED) is 0.832. The van der Waals surface area contributed by atoms with E-state index in [-0.39, 0.29) is 11.6 Å². The van der Waals surface area contributed by atoms with Gasteiger partial charge in [-0.15, -0.1) is 4.91 Å². The Morgan fingerprint density at radius 3 is 2.50 bits per heavy atom. The van der Waals surface area contributed by atoms with Crippen LogP contribution in [0.3, 0.4) is 0 Å². The summed E-state index contributed by atoms with van der Waals surface area (Å²) in [5.41, 5.74) is 2.49. The van der Waals surface area contributed by atoms with Crippen LogP contribution < -0.4 is 5.32 Å². The second-order valence-corrected chi connectivity index (χ2v) is 3.96. The third-order valence-corrected chi connectivity index (χ3v) is 2.52. The molecule has 0 bridgehead atoms. The van der Waals surface area contributed by atoms with Gasteiger partial charge in [0.2, 0.25) is 0 Å². The van der Waals surface area contributed by atoms with E-state index < -0.39 is 0 Å². The summed E-state index contributed by atoms with van der Waals surface area (Å²) in [5, 5.41) is 5.56. The van der Waals surface area contributed by atoms with Crippen molar-refractivity contribution < 1.29 is 4.79 Å². The van der Waals surface area contributed by atoms with Crippen molar-refractivity contribution in [2.75, 3.05) is 5.32 Å². The minimum Gasteiger partial charge on any atom is -0.322 e. The van der Waals surface area contributed by atoms with Gasteiger partial charge in [-0.1, -0.05) is 23.8 Å². The minimum absolute atomic E-state index is 0.242. The maximum absolute atomic E-state index is 11.9. The number of benzene rings is 2. The number of rotatable bonds is 3. The Kier molecular flexibility index (Phi) is 3.48. The molecular weight excluding hydrogens is 228 g/mol. The van der Waals surface area contributed by atoms with Gasteiger partial charge < -0.3 is 5.32 Å². The number of carbonyl (C=O) groups excluding carboxylic acids is 1. The van der Waals surface area contributed by atoms with Crippen LogP contribution in [0.1, 0.15) is 15.9 Å². The standard InChI is InChI=1S/C14H12N2O2/c1-10-5-7-12(8-6-10)15-14(17)11-3-2-4-13(9-11)16-18/h2-9H,1H3,(H,15,17). The first-order chi connectivity index (χ1) is 8.69. The van der Waals surface area contributed by atoms with Crippen molar-refractivity contribution in [1.82, 2.24) is 0 Å². The van der Waals surface area contributed by atoms with Gasteiger partial charge in [-0.3, -0.25) is 4.79 Å². The van der Waals surface area contributed by atoms with Crippen molar-refractivity contribution in [3.63, 3.8) is 0 Å². The van der Waals surface area contributed by atoms with Crippen LogP contribution in [-0.2, 0) is 0 Å². The van der Waals surface area contributed by atoms with Gasteiger partial charge in [-0.2, -0.15) is 0 Å². The first-order valence-electron chi connectivity index (χ1n) is 5.50. The molecule has 0 atom stereocenters. The molecule has 0 saturated carbocycles. The number of hydrogen-bond acceptors (Lipinski definition) is 3. The molecule has 0 aliphatic carbocycles. The summed E-state index contributed by atoms with van der Waals surface area (Å²) in [6, 6.07) is 13.8. The summed E-state index contributed by atoms with van der Waals surface area (Å²) in [5.74, 6) is -0.260. The monoisotopic (exact) mass is 240 g/mol. The fourth-order valence-electron chi connectivity index (χ4n) is 1.54. The van der Waals surface area contributed by atoms with Crippen LogP contribution in [0, 0.1) is 11.8 Å². The zero-order valence-corrected chi connectivity index (χ0v) is 9.88. The lowest BCUT2D eigenvalue weighted by molar-refractivity contribution is 0.102. The van der Waals surface area contributed by atoms with Crippen LogP contribution in [0.5, 0.6) is 0 Å². The number of nitrogens with one attached hydrogen (secondary N) is 1. The average Bonchev–Trinajstić information content (AvgIpc) is 2.41. The average molecular weight is 240 g/mol. The maximum atomic E-state index is 11.9. The molecular formula is C14H12N2O2. The minimum atomic E-state index is -0.260. The molecule has 4 heteroatoms. The molecule has 1 N–H and O–H groups in total. The van der Waals surface area contributed by atoms with Crippen LogP contribution in [0.4, 0.5) is 11.4 Å². The molecule has 2 aromatic rings. The van der Waals surface area contributed by atoms with Gasteiger partial charge in [0.05, 0.1) is 0 Å². The van der Waals surface area contributed by atoms with Gasteiger partial charge in [0.25, 0.3) is 5.91 Å². The number of nitroso groups, excluding NO2 is 1. The number of amides is 1. The number of hydrogen-bond donors (Lipinski definition) is 1. The van der Waals surface area contributed by atoms with Crippen molar-refractivity contribution >= 4 is 17.3 Å². The van der Waals surface area contributed by atoms with E-state index >= 15 is 0 Å². The van der Waals surface area contributed by atoms with E-state index in [0.717, 1.165) is 11.3 Å². The smallest absolute Gasteiger partial charge is 0.255 e. The lowest BCUT2D eigenvalue weighted by atomic mass is 10.1. The Balaban J connectivity index is 2.16. The molecule has 4 nitrogen and oxygen atoms in total. The van der Waals surface area contributed by atoms with E-state index in [1.807, 2.05) is 31.2 Å². The van der Waals surface area contributed by atoms with Crippen LogP contribution >= 0.6 is 0 Å². The molecule has 0 heterocycles. The molecule has 0 unspecified atom stereocenters. The van der Waals surface area contributed by atoms with Gasteiger partial charge in [-0.25, -0.2) is 0 Å². The largest absolute Gasteiger partial charge is 0.322 e. The van der Waals surface area contributed by atoms with Crippen molar-refractivity contribution in [1.29, 1.82) is 0 Å². The molecule has 0 aromatic heterocycles. The first-order valence-corrected chi connectivity index (χ1v) is 5.50. The third kappa shape index (κ3) is 2.79. The van der Waals surface area contributed by atoms with Gasteiger partial charge in [0, 0.05) is 11.3 Å². The Morgan fingerprint density at radius 1 is 1.11 bits per heavy atom. The molecule has 1 amide bonds. The van der Waals surface area contributed by atoms with Crippen LogP contribution in [0.2, 0.25) is 0 Å². The zero-order chi connectivity index (χ0) is 13.0. The fourth-order valence-corrected chi connectivity index (χ4v) is 1.54. The fraction of sp³-hybridized carbons (Fsp3) is 0.0714. The van der Waals surface area contributed by atoms with Crippen LogP contribution in [-0.4, -0.2) is 5.91 Å². The SMILES string of the molecule is Cc1ccc(NC(=O)c2cccc(N=O)c2)cc1. The molecule has 18 heavy (non-hydrogen) atoms. The molecule has 90 valence electrons. The van der Waals surface area contributed by atoms with Gasteiger partial charge in [0.1, 0.15) is 5.69 Å². The summed E-state index contributed by atoms with van der Waals surface area (Å²) >= 11 is 0. The second-order valence-electron chi connectivity index (χ2n) is 3.96. The maximum Gasteiger partial charge on any atom is 0.255 e. The molecule has 0 fully saturated rings. The third-order valence-electron chi connectivity index (χ3n) is 2.52. The molecule has 2 aromatic carbocycles. The van der Waals surface area contributed by atoms with E-state index in [0.29, 0.717) is 5.56 Å². The molecule has 0 radical (unpaired) electrons. The highest BCUT2D eigenvalue weighted by molar-refractivity contribution is 6.04. The van der Waals surface area contributed by atoms with Gasteiger partial charge >= 0.3 is 0 Å². The lowest BCUT2D eigenvalue weighted by Crippen LogP contribution is -2.11. The number of anilines is 1. The second kappa shape index (κ2) is 5.23. The van der Waals surface area contributed by atoms with Crippen molar-refractivity contribution in [3.05, 3.63) is 64.6 Å². The first kappa shape index (κ1) is 12.0. The van der Waals surface area contributed by atoms with Crippen molar-refractivity contribution in [2.45, 2.75) is 6.92 Å². The normalized spacial score (nSPS) is 9.83. The van der Waals surface area contributed by atoms with Crippen LogP contribution in [0.15, 0.2) is 53.7 Å². The number of carbonyl (C=O) groups is 1. The van der Waals surface area contributed by atoms with E-state index in [1.165, 1.54) is 6.07 Å². The molecule has 0 saturated heterocycles. The summed E-state index contributed by atoms with van der Waals surface area (Å²) in [6.45, 7) is 1.98. The summed E-state index contributed by atoms with van der Waals surface area (Å²) < 4.78 is 0. The molecule has 0 aliphatic heterocycles. The van der Waals surface area contributed by atoms with E-state index in [2.05, 4.69) is 10.5 Å². The predicted molar refractivity (Wildman–Crippen MR) is 71.0 cm³/mol. The Morgan fingerprint density at radius 2 is 1.83 bits per heavy atom. The van der Waals surface area contributed by atoms with E-state index in [4.69, 9.17) is 0 Å². The molecule has 0 aliphatic rings. The highest BCUT2D eigenvalue weighted by Gasteiger charge is 2.06. The predicted octanol–water partition coefficient (Wildman–Crippen LogP) is 3.65.